The van der Waals surface area contributed by atoms with Gasteiger partial charge in [-0.25, -0.2) is 4.98 Å². The Morgan fingerprint density at radius 3 is 2.78 bits per heavy atom. The highest BCUT2D eigenvalue weighted by molar-refractivity contribution is 6.06. The van der Waals surface area contributed by atoms with Gasteiger partial charge in [0.2, 0.25) is 0 Å². The molecule has 0 aliphatic carbocycles. The number of benzene rings is 2. The van der Waals surface area contributed by atoms with Gasteiger partial charge >= 0.3 is 0 Å². The molecule has 3 aromatic rings. The highest BCUT2D eigenvalue weighted by Crippen LogP contribution is 2.20. The van der Waals surface area contributed by atoms with Crippen LogP contribution >= 0.6 is 0 Å². The van der Waals surface area contributed by atoms with Gasteiger partial charge in [-0.3, -0.25) is 14.2 Å². The van der Waals surface area contributed by atoms with E-state index in [9.17, 15) is 9.59 Å². The summed E-state index contributed by atoms with van der Waals surface area (Å²) >= 11 is 0. The summed E-state index contributed by atoms with van der Waals surface area (Å²) in [6.45, 7) is 4.69. The van der Waals surface area contributed by atoms with Crippen molar-refractivity contribution in [3.05, 3.63) is 69.3 Å². The number of hydrogen-bond donors (Lipinski definition) is 1. The quantitative estimate of drug-likeness (QED) is 0.750. The van der Waals surface area contributed by atoms with Gasteiger partial charge in [-0.15, -0.1) is 0 Å². The average Bonchev–Trinajstić information content (AvgIpc) is 2.90. The number of anilines is 1. The van der Waals surface area contributed by atoms with Gasteiger partial charge in [0, 0.05) is 24.2 Å². The molecule has 0 radical (unpaired) electrons. The second kappa shape index (κ2) is 6.99. The Bertz CT molecular complexity index is 1100. The first-order valence-electron chi connectivity index (χ1n) is 9.45. The van der Waals surface area contributed by atoms with Gasteiger partial charge in [-0.1, -0.05) is 18.6 Å². The second-order valence-electron chi connectivity index (χ2n) is 7.30. The van der Waals surface area contributed by atoms with Gasteiger partial charge in [-0.05, 0) is 62.1 Å². The van der Waals surface area contributed by atoms with Gasteiger partial charge < -0.3 is 5.32 Å². The van der Waals surface area contributed by atoms with Crippen molar-refractivity contribution in [2.24, 2.45) is 0 Å². The summed E-state index contributed by atoms with van der Waals surface area (Å²) in [5, 5.41) is 3.54. The molecule has 27 heavy (non-hydrogen) atoms. The van der Waals surface area contributed by atoms with Crippen LogP contribution in [0.5, 0.6) is 0 Å². The van der Waals surface area contributed by atoms with E-state index in [4.69, 9.17) is 4.98 Å². The summed E-state index contributed by atoms with van der Waals surface area (Å²) in [5.41, 5.74) is 4.01. The van der Waals surface area contributed by atoms with E-state index < -0.39 is 0 Å². The number of amides is 1. The Hall–Kier alpha value is -2.95. The summed E-state index contributed by atoms with van der Waals surface area (Å²) < 4.78 is 1.80. The maximum Gasteiger partial charge on any atom is 0.261 e. The van der Waals surface area contributed by atoms with Crippen LogP contribution in [0.3, 0.4) is 0 Å². The molecule has 0 atom stereocenters. The Balaban J connectivity index is 1.71. The normalized spacial score (nSPS) is 13.9. The number of nitrogens with one attached hydrogen (secondary N) is 1. The Morgan fingerprint density at radius 1 is 1.07 bits per heavy atom. The SMILES string of the molecule is Cc1ccc(C)c(NC(=O)c2ccc3c(=O)n4c(nc3c2)CCCCC4)c1. The highest BCUT2D eigenvalue weighted by atomic mass is 16.1. The van der Waals surface area contributed by atoms with Crippen molar-refractivity contribution >= 4 is 22.5 Å². The molecular formula is C22H23N3O2. The number of carbonyl (C=O) groups is 1. The number of fused-ring (bicyclic) bond motifs is 2. The third kappa shape index (κ3) is 3.37. The van der Waals surface area contributed by atoms with Crippen LogP contribution in [0.25, 0.3) is 10.9 Å². The fraction of sp³-hybridized carbons (Fsp3) is 0.318. The van der Waals surface area contributed by atoms with Crippen LogP contribution in [0.15, 0.2) is 41.2 Å². The topological polar surface area (TPSA) is 64.0 Å². The van der Waals surface area contributed by atoms with Gasteiger partial charge in [0.25, 0.3) is 11.5 Å². The third-order valence-corrected chi connectivity index (χ3v) is 5.22. The molecule has 5 heteroatoms. The molecule has 138 valence electrons. The predicted molar refractivity (Wildman–Crippen MR) is 107 cm³/mol. The molecular weight excluding hydrogens is 338 g/mol. The lowest BCUT2D eigenvalue weighted by atomic mass is 10.1. The molecule has 1 aromatic heterocycles. The predicted octanol–water partition coefficient (Wildman–Crippen LogP) is 3.99. The summed E-state index contributed by atoms with van der Waals surface area (Å²) in [7, 11) is 0. The van der Waals surface area contributed by atoms with E-state index in [1.807, 2.05) is 32.0 Å². The molecule has 2 aromatic carbocycles. The third-order valence-electron chi connectivity index (χ3n) is 5.22. The fourth-order valence-electron chi connectivity index (χ4n) is 3.62. The molecule has 0 fully saturated rings. The number of aromatic nitrogens is 2. The number of rotatable bonds is 2. The van der Waals surface area contributed by atoms with Crippen molar-refractivity contribution in [1.29, 1.82) is 0 Å². The maximum absolute atomic E-state index is 12.8. The first-order chi connectivity index (χ1) is 13.0. The van der Waals surface area contributed by atoms with Gasteiger partial charge in [0.1, 0.15) is 5.82 Å². The molecule has 0 bridgehead atoms. The highest BCUT2D eigenvalue weighted by Gasteiger charge is 2.15. The van der Waals surface area contributed by atoms with Crippen molar-refractivity contribution in [2.45, 2.75) is 46.1 Å². The minimum atomic E-state index is -0.192. The summed E-state index contributed by atoms with van der Waals surface area (Å²) in [5.74, 6) is 0.638. The average molecular weight is 361 g/mol. The van der Waals surface area contributed by atoms with Crippen molar-refractivity contribution in [1.82, 2.24) is 9.55 Å². The van der Waals surface area contributed by atoms with E-state index in [1.54, 1.807) is 22.8 Å². The van der Waals surface area contributed by atoms with E-state index in [1.165, 1.54) is 0 Å². The molecule has 1 amide bonds. The van der Waals surface area contributed by atoms with Gasteiger partial charge in [0.15, 0.2) is 0 Å². The van der Waals surface area contributed by atoms with Crippen molar-refractivity contribution in [3.63, 3.8) is 0 Å². The number of aryl methyl sites for hydroxylation is 3. The van der Waals surface area contributed by atoms with Gasteiger partial charge in [-0.2, -0.15) is 0 Å². The second-order valence-corrected chi connectivity index (χ2v) is 7.30. The number of carbonyl (C=O) groups excluding carboxylic acids is 1. The molecule has 4 rings (SSSR count). The van der Waals surface area contributed by atoms with E-state index >= 15 is 0 Å². The molecule has 0 spiro atoms. The molecule has 0 saturated carbocycles. The first kappa shape index (κ1) is 17.5. The molecule has 0 saturated heterocycles. The van der Waals surface area contributed by atoms with Crippen LogP contribution in [0.1, 0.15) is 46.6 Å². The molecule has 5 nitrogen and oxygen atoms in total. The van der Waals surface area contributed by atoms with E-state index in [-0.39, 0.29) is 11.5 Å². The lowest BCUT2D eigenvalue weighted by molar-refractivity contribution is 0.102. The van der Waals surface area contributed by atoms with Crippen LogP contribution in [0.2, 0.25) is 0 Å². The maximum atomic E-state index is 12.8. The zero-order valence-corrected chi connectivity index (χ0v) is 15.7. The molecule has 2 heterocycles. The monoisotopic (exact) mass is 361 g/mol. The lowest BCUT2D eigenvalue weighted by Crippen LogP contribution is -2.24. The van der Waals surface area contributed by atoms with Crippen LogP contribution < -0.4 is 10.9 Å². The molecule has 1 aliphatic rings. The molecule has 1 aliphatic heterocycles. The zero-order valence-electron chi connectivity index (χ0n) is 15.7. The summed E-state index contributed by atoms with van der Waals surface area (Å²) in [6.07, 6.45) is 3.98. The van der Waals surface area contributed by atoms with Crippen LogP contribution in [0.4, 0.5) is 5.69 Å². The molecule has 1 N–H and O–H groups in total. The minimum Gasteiger partial charge on any atom is -0.322 e. The fourth-order valence-corrected chi connectivity index (χ4v) is 3.62. The van der Waals surface area contributed by atoms with Crippen molar-refractivity contribution in [2.75, 3.05) is 5.32 Å². The van der Waals surface area contributed by atoms with Crippen LogP contribution in [-0.4, -0.2) is 15.5 Å². The standard InChI is InChI=1S/C22H23N3O2/c1-14-7-8-15(2)18(12-14)24-21(26)16-9-10-17-19(13-16)23-20-6-4-3-5-11-25(20)22(17)27/h7-10,12-13H,3-6,11H2,1-2H3,(H,24,26). The van der Waals surface area contributed by atoms with Crippen molar-refractivity contribution in [3.8, 4) is 0 Å². The van der Waals surface area contributed by atoms with Crippen LogP contribution in [-0.2, 0) is 13.0 Å². The van der Waals surface area contributed by atoms with E-state index in [2.05, 4.69) is 5.32 Å². The van der Waals surface area contributed by atoms with E-state index in [0.29, 0.717) is 16.5 Å². The Kier molecular flexibility index (Phi) is 4.52. The van der Waals surface area contributed by atoms with Crippen molar-refractivity contribution < 1.29 is 4.79 Å². The van der Waals surface area contributed by atoms with E-state index in [0.717, 1.165) is 54.9 Å². The summed E-state index contributed by atoms with van der Waals surface area (Å²) in [4.78, 5) is 30.2. The Labute approximate surface area is 158 Å². The number of hydrogen-bond acceptors (Lipinski definition) is 3. The number of nitrogens with zero attached hydrogens (tertiary/aromatic N) is 2. The molecule has 0 unspecified atom stereocenters. The smallest absolute Gasteiger partial charge is 0.261 e. The first-order valence-corrected chi connectivity index (χ1v) is 9.45. The van der Waals surface area contributed by atoms with Gasteiger partial charge in [0.05, 0.1) is 10.9 Å². The minimum absolute atomic E-state index is 0.00149. The van der Waals surface area contributed by atoms with Crippen LogP contribution in [0, 0.1) is 13.8 Å². The zero-order chi connectivity index (χ0) is 19.0. The Morgan fingerprint density at radius 2 is 1.93 bits per heavy atom. The largest absolute Gasteiger partial charge is 0.322 e. The summed E-state index contributed by atoms with van der Waals surface area (Å²) in [6, 6.07) is 11.1. The lowest BCUT2D eigenvalue weighted by Gasteiger charge is -2.12.